The van der Waals surface area contributed by atoms with E-state index in [4.69, 9.17) is 15.2 Å². The van der Waals surface area contributed by atoms with Gasteiger partial charge in [-0.15, -0.1) is 0 Å². The molecule has 1 atom stereocenters. The van der Waals surface area contributed by atoms with Crippen LogP contribution in [-0.4, -0.2) is 24.6 Å². The molecule has 0 spiro atoms. The van der Waals surface area contributed by atoms with E-state index in [1.54, 1.807) is 24.3 Å². The molecular weight excluding hydrogens is 460 g/mol. The molecule has 2 rings (SSSR count). The van der Waals surface area contributed by atoms with Crippen LogP contribution in [0.25, 0.3) is 0 Å². The number of ether oxygens (including phenoxy) is 2. The summed E-state index contributed by atoms with van der Waals surface area (Å²) < 4.78 is 11.2. The van der Waals surface area contributed by atoms with Crippen molar-refractivity contribution >= 4 is 28.0 Å². The Morgan fingerprint density at radius 2 is 1.74 bits per heavy atom. The summed E-state index contributed by atoms with van der Waals surface area (Å²) in [4.78, 5) is 24.0. The first-order chi connectivity index (χ1) is 15.0. The summed E-state index contributed by atoms with van der Waals surface area (Å²) in [6.07, 6.45) is 5.36. The number of benzene rings is 2. The summed E-state index contributed by atoms with van der Waals surface area (Å²) in [6.45, 7) is 2.95. The molecule has 1 amide bonds. The van der Waals surface area contributed by atoms with E-state index >= 15 is 0 Å². The summed E-state index contributed by atoms with van der Waals surface area (Å²) in [7, 11) is 0. The Bertz CT molecular complexity index is 827. The van der Waals surface area contributed by atoms with Gasteiger partial charge in [0, 0.05) is 16.6 Å². The molecule has 7 heteroatoms. The third-order valence-electron chi connectivity index (χ3n) is 4.80. The van der Waals surface area contributed by atoms with Crippen LogP contribution in [-0.2, 0) is 22.6 Å². The largest absolute Gasteiger partial charge is 0.514 e. The lowest BCUT2D eigenvalue weighted by Crippen LogP contribution is -2.42. The smallest absolute Gasteiger partial charge is 0.429 e. The minimum Gasteiger partial charge on any atom is -0.429 e. The summed E-state index contributed by atoms with van der Waals surface area (Å²) in [5, 5.41) is 2.90. The number of carbonyl (C=O) groups is 2. The first-order valence-corrected chi connectivity index (χ1v) is 11.5. The molecule has 0 radical (unpaired) electrons. The van der Waals surface area contributed by atoms with Crippen LogP contribution in [0.15, 0.2) is 53.0 Å². The van der Waals surface area contributed by atoms with Crippen molar-refractivity contribution in [2.24, 2.45) is 5.73 Å². The number of nitrogens with one attached hydrogen (secondary N) is 1. The van der Waals surface area contributed by atoms with Crippen molar-refractivity contribution in [1.82, 2.24) is 5.32 Å². The van der Waals surface area contributed by atoms with Gasteiger partial charge in [0.2, 0.25) is 5.91 Å². The zero-order valence-corrected chi connectivity index (χ0v) is 19.5. The number of unbranched alkanes of at least 4 members (excludes halogenated alkanes) is 4. The molecule has 0 saturated heterocycles. The molecular formula is C24H31BrN2O4. The second-order valence-electron chi connectivity index (χ2n) is 7.39. The highest BCUT2D eigenvalue weighted by Gasteiger charge is 2.14. The van der Waals surface area contributed by atoms with Gasteiger partial charge in [0.25, 0.3) is 0 Å². The topological polar surface area (TPSA) is 90.7 Å². The van der Waals surface area contributed by atoms with Crippen LogP contribution in [0.5, 0.6) is 5.75 Å². The molecule has 0 aliphatic heterocycles. The predicted molar refractivity (Wildman–Crippen MR) is 125 cm³/mol. The third-order valence-corrected chi connectivity index (χ3v) is 5.57. The van der Waals surface area contributed by atoms with E-state index in [0.717, 1.165) is 28.4 Å². The van der Waals surface area contributed by atoms with E-state index in [1.165, 1.54) is 19.3 Å². The lowest BCUT2D eigenvalue weighted by atomic mass is 10.1. The van der Waals surface area contributed by atoms with Crippen LogP contribution < -0.4 is 15.8 Å². The standard InChI is InChI=1S/C24H31BrN2O4/c1-2-3-4-5-8-15-27-23(28)22(26)16-18-11-13-20(14-12-18)31-24(29)30-17-19-9-6-7-10-21(19)25/h6-7,9-14,22H,2-5,8,15-17,26H2,1H3,(H,27,28)/t22-/m0/s1. The average molecular weight is 491 g/mol. The SMILES string of the molecule is CCCCCCCNC(=O)[C@@H](N)Cc1ccc(OC(=O)OCc2ccccc2Br)cc1. The van der Waals surface area contributed by atoms with Gasteiger partial charge in [0.05, 0.1) is 6.04 Å². The molecule has 2 aromatic rings. The number of rotatable bonds is 12. The van der Waals surface area contributed by atoms with Gasteiger partial charge in [-0.05, 0) is 36.6 Å². The van der Waals surface area contributed by atoms with Crippen molar-refractivity contribution in [1.29, 1.82) is 0 Å². The third kappa shape index (κ3) is 9.53. The first kappa shape index (κ1) is 24.9. The van der Waals surface area contributed by atoms with Crippen molar-refractivity contribution in [3.63, 3.8) is 0 Å². The number of hydrogen-bond donors (Lipinski definition) is 2. The minimum absolute atomic E-state index is 0.112. The number of carbonyl (C=O) groups excluding carboxylic acids is 2. The molecule has 0 saturated carbocycles. The normalized spacial score (nSPS) is 11.6. The lowest BCUT2D eigenvalue weighted by Gasteiger charge is -2.13. The zero-order valence-electron chi connectivity index (χ0n) is 17.9. The van der Waals surface area contributed by atoms with E-state index in [9.17, 15) is 9.59 Å². The van der Waals surface area contributed by atoms with Crippen molar-refractivity contribution in [3.05, 3.63) is 64.1 Å². The number of halogens is 1. The summed E-state index contributed by atoms with van der Waals surface area (Å²) >= 11 is 3.41. The number of nitrogens with two attached hydrogens (primary N) is 1. The maximum absolute atomic E-state index is 12.1. The van der Waals surface area contributed by atoms with Crippen molar-refractivity contribution < 1.29 is 19.1 Å². The monoisotopic (exact) mass is 490 g/mol. The highest BCUT2D eigenvalue weighted by atomic mass is 79.9. The van der Waals surface area contributed by atoms with Crippen LogP contribution in [0.3, 0.4) is 0 Å². The molecule has 0 heterocycles. The van der Waals surface area contributed by atoms with E-state index in [0.29, 0.717) is 18.7 Å². The van der Waals surface area contributed by atoms with Gasteiger partial charge in [0.1, 0.15) is 12.4 Å². The predicted octanol–water partition coefficient (Wildman–Crippen LogP) is 5.12. The highest BCUT2D eigenvalue weighted by Crippen LogP contribution is 2.18. The van der Waals surface area contributed by atoms with Gasteiger partial charge >= 0.3 is 6.16 Å². The van der Waals surface area contributed by atoms with Crippen LogP contribution in [0.4, 0.5) is 4.79 Å². The maximum atomic E-state index is 12.1. The molecule has 0 aromatic heterocycles. The molecule has 0 fully saturated rings. The fraction of sp³-hybridized carbons (Fsp3) is 0.417. The van der Waals surface area contributed by atoms with Crippen molar-refractivity contribution in [3.8, 4) is 5.75 Å². The molecule has 0 aliphatic carbocycles. The lowest BCUT2D eigenvalue weighted by molar-refractivity contribution is -0.122. The second kappa shape index (κ2) is 13.8. The maximum Gasteiger partial charge on any atom is 0.514 e. The molecule has 0 aliphatic rings. The van der Waals surface area contributed by atoms with Gasteiger partial charge in [-0.3, -0.25) is 4.79 Å². The Labute approximate surface area is 192 Å². The van der Waals surface area contributed by atoms with E-state index in [2.05, 4.69) is 28.2 Å². The van der Waals surface area contributed by atoms with Gasteiger partial charge in [-0.25, -0.2) is 4.79 Å². The average Bonchev–Trinajstić information content (AvgIpc) is 2.76. The molecule has 168 valence electrons. The fourth-order valence-corrected chi connectivity index (χ4v) is 3.39. The summed E-state index contributed by atoms with van der Waals surface area (Å²) in [5.74, 6) is 0.220. The van der Waals surface area contributed by atoms with Gasteiger partial charge < -0.3 is 20.5 Å². The Morgan fingerprint density at radius 1 is 1.03 bits per heavy atom. The van der Waals surface area contributed by atoms with Gasteiger partial charge in [0.15, 0.2) is 0 Å². The quantitative estimate of drug-likeness (QED) is 0.244. The zero-order chi connectivity index (χ0) is 22.5. The summed E-state index contributed by atoms with van der Waals surface area (Å²) in [5.41, 5.74) is 7.75. The highest BCUT2D eigenvalue weighted by molar-refractivity contribution is 9.10. The van der Waals surface area contributed by atoms with E-state index in [1.807, 2.05) is 24.3 Å². The molecule has 3 N–H and O–H groups in total. The van der Waals surface area contributed by atoms with Crippen LogP contribution in [0.1, 0.15) is 50.2 Å². The Kier molecular flexibility index (Phi) is 11.1. The van der Waals surface area contributed by atoms with Gasteiger partial charge in [-0.1, -0.05) is 78.9 Å². The van der Waals surface area contributed by atoms with E-state index < -0.39 is 12.2 Å². The van der Waals surface area contributed by atoms with Crippen LogP contribution in [0, 0.1) is 0 Å². The number of amides is 1. The Balaban J connectivity index is 1.71. The molecule has 31 heavy (non-hydrogen) atoms. The fourth-order valence-electron chi connectivity index (χ4n) is 2.99. The van der Waals surface area contributed by atoms with Gasteiger partial charge in [-0.2, -0.15) is 0 Å². The number of hydrogen-bond acceptors (Lipinski definition) is 5. The molecule has 0 bridgehead atoms. The van der Waals surface area contributed by atoms with Crippen molar-refractivity contribution in [2.75, 3.05) is 6.54 Å². The summed E-state index contributed by atoms with van der Waals surface area (Å²) in [6, 6.07) is 13.8. The Hall–Kier alpha value is -2.38. The van der Waals surface area contributed by atoms with E-state index in [-0.39, 0.29) is 12.5 Å². The minimum atomic E-state index is -0.779. The molecule has 0 unspecified atom stereocenters. The van der Waals surface area contributed by atoms with Crippen LogP contribution in [0.2, 0.25) is 0 Å². The van der Waals surface area contributed by atoms with Crippen molar-refractivity contribution in [2.45, 2.75) is 58.1 Å². The second-order valence-corrected chi connectivity index (χ2v) is 8.25. The molecule has 6 nitrogen and oxygen atoms in total. The first-order valence-electron chi connectivity index (χ1n) is 10.7. The molecule has 2 aromatic carbocycles. The van der Waals surface area contributed by atoms with Crippen LogP contribution >= 0.6 is 15.9 Å². The Morgan fingerprint density at radius 3 is 2.45 bits per heavy atom.